The first kappa shape index (κ1) is 103. The number of aliphatic hydroxyl groups is 1. The molecule has 0 spiro atoms. The van der Waals surface area contributed by atoms with E-state index in [9.17, 15) is 62.3 Å². The highest BCUT2D eigenvalue weighted by Gasteiger charge is 2.45. The van der Waals surface area contributed by atoms with Gasteiger partial charge in [-0.1, -0.05) is 123 Å². The van der Waals surface area contributed by atoms with Crippen LogP contribution in [0.2, 0.25) is 0 Å². The van der Waals surface area contributed by atoms with E-state index in [0.717, 1.165) is 39.7 Å². The first-order valence-electron chi connectivity index (χ1n) is 43.5. The third kappa shape index (κ3) is 33.1. The molecule has 1 unspecified atom stereocenters. The van der Waals surface area contributed by atoms with Crippen LogP contribution in [0.25, 0.3) is 0 Å². The molecule has 0 saturated carbocycles. The summed E-state index contributed by atoms with van der Waals surface area (Å²) in [6.45, 7) is 22.1. The van der Waals surface area contributed by atoms with E-state index >= 15 is 4.79 Å². The van der Waals surface area contributed by atoms with Crippen LogP contribution in [0, 0.1) is 47.3 Å². The van der Waals surface area contributed by atoms with E-state index in [1.807, 2.05) is 71.9 Å². The Labute approximate surface area is 724 Å². The van der Waals surface area contributed by atoms with Gasteiger partial charge in [0.05, 0.1) is 128 Å². The van der Waals surface area contributed by atoms with E-state index in [1.54, 1.807) is 66.8 Å². The van der Waals surface area contributed by atoms with Crippen LogP contribution in [0.5, 0.6) is 0 Å². The number of nitrogens with two attached hydrogens (primary N) is 1. The summed E-state index contributed by atoms with van der Waals surface area (Å²) < 4.78 is 45.5. The largest absolute Gasteiger partial charge is 0.445 e. The van der Waals surface area contributed by atoms with Gasteiger partial charge in [0.2, 0.25) is 23.6 Å². The second-order valence-electron chi connectivity index (χ2n) is 33.3. The lowest BCUT2D eigenvalue weighted by Crippen LogP contribution is -2.56. The van der Waals surface area contributed by atoms with E-state index in [0.29, 0.717) is 109 Å². The Morgan fingerprint density at radius 3 is 1.72 bits per heavy atom. The maximum Gasteiger partial charge on any atom is 0.410 e. The molecule has 6 N–H and O–H groups in total. The number of amides is 11. The summed E-state index contributed by atoms with van der Waals surface area (Å²) in [6, 6.07) is 11.9. The summed E-state index contributed by atoms with van der Waals surface area (Å²) in [7, 11) is 4.79. The number of aliphatic hydroxyl groups excluding tert-OH is 1. The minimum absolute atomic E-state index is 0.0318. The van der Waals surface area contributed by atoms with Gasteiger partial charge in [0.25, 0.3) is 23.6 Å². The number of piperazine rings is 1. The number of primary amides is 1. The average molecular weight is 1730 g/mol. The molecule has 33 heteroatoms. The highest BCUT2D eigenvalue weighted by atomic mass is 16.6. The second-order valence-corrected chi connectivity index (χ2v) is 33.3. The number of nitrogens with zero attached hydrogens (tertiary/aromatic N) is 6. The summed E-state index contributed by atoms with van der Waals surface area (Å²) in [5, 5.41) is 17.1. The van der Waals surface area contributed by atoms with Crippen molar-refractivity contribution in [1.29, 1.82) is 0 Å². The van der Waals surface area contributed by atoms with Crippen molar-refractivity contribution in [2.75, 3.05) is 146 Å². The fourth-order valence-electron chi connectivity index (χ4n) is 16.4. The number of carbonyl (C=O) groups is 14. The quantitative estimate of drug-likeness (QED) is 0.0408. The van der Waals surface area contributed by atoms with Crippen LogP contribution in [0.1, 0.15) is 150 Å². The van der Waals surface area contributed by atoms with E-state index in [-0.39, 0.29) is 170 Å². The number of hydrogen-bond acceptors (Lipinski definition) is 24. The number of likely N-dealkylation sites (N-methyl/N-ethyl adjacent to an activating group) is 1. The number of benzene rings is 2. The fourth-order valence-corrected chi connectivity index (χ4v) is 16.4. The van der Waals surface area contributed by atoms with E-state index in [1.165, 1.54) is 14.2 Å². The third-order valence-electron chi connectivity index (χ3n) is 23.5. The zero-order valence-electron chi connectivity index (χ0n) is 74.2. The number of urea groups is 1. The van der Waals surface area contributed by atoms with Crippen molar-refractivity contribution in [2.24, 2.45) is 53.1 Å². The highest BCUT2D eigenvalue weighted by Crippen LogP contribution is 2.34. The summed E-state index contributed by atoms with van der Waals surface area (Å²) >= 11 is 0. The summed E-state index contributed by atoms with van der Waals surface area (Å²) in [5.41, 5.74) is 7.41. The molecule has 2 aromatic carbocycles. The summed E-state index contributed by atoms with van der Waals surface area (Å²) in [4.78, 5) is 199. The molecule has 0 aliphatic carbocycles. The first-order chi connectivity index (χ1) is 58.8. The molecule has 11 amide bonds. The van der Waals surface area contributed by atoms with Crippen LogP contribution in [0.4, 0.5) is 9.59 Å². The second kappa shape index (κ2) is 54.0. The molecule has 2 aromatic rings. The lowest BCUT2D eigenvalue weighted by atomic mass is 9.83. The van der Waals surface area contributed by atoms with E-state index in [2.05, 4.69) is 20.9 Å². The number of Topliss-reactive ketones (excluding diaryl/α,β-unsaturated/α-hetero) is 4. The number of likely N-dealkylation sites (tertiary alicyclic amines) is 1. The minimum atomic E-state index is -1.05. The molecule has 33 nitrogen and oxygen atoms in total. The molecular formula is C90H136N10O23. The van der Waals surface area contributed by atoms with Crippen LogP contribution in [-0.4, -0.2) is 306 Å². The van der Waals surface area contributed by atoms with Crippen LogP contribution in [0.3, 0.4) is 0 Å². The molecule has 4 aliphatic rings. The van der Waals surface area contributed by atoms with Crippen molar-refractivity contribution >= 4 is 82.5 Å². The molecule has 123 heavy (non-hydrogen) atoms. The fraction of sp³-hybridized carbons (Fsp3) is 0.667. The van der Waals surface area contributed by atoms with E-state index < -0.39 is 119 Å². The number of methoxy groups -OCH3 is 2. The Hall–Kier alpha value is -9.06. The normalized spacial score (nSPS) is 17.7. The van der Waals surface area contributed by atoms with E-state index in [4.69, 9.17) is 48.7 Å². The predicted octanol–water partition coefficient (Wildman–Crippen LogP) is 5.40. The monoisotopic (exact) mass is 1720 g/mol. The SMILES string of the molecule is CC[C@H](C)[C@@H]([C@@H](CC(=O)N1CCC[C@H]1[C@H](OC)[C@@H](C)C(=O)C[C@@H](Cc1ccccc1)C(=O)NCCOCCOCCOCCOCCOCCO)OC)N(C)C(=O)[C@@H](CC(=O)[C@H](C(C)C)N1CCN(C(=O)OCc2ccc(CC(=O)[C@H](CCCNC(N)=O)NC(=O)[C@@H](CC(=O)CCC(CN3C(=O)C=CC3=O)N3C(=O)C=CC3=O)C(C)C)cc2)CC1)C(C)C. The molecule has 2 saturated heterocycles. The maximum atomic E-state index is 15.1. The Morgan fingerprint density at radius 2 is 1.17 bits per heavy atom. The van der Waals surface area contributed by atoms with Crippen molar-refractivity contribution in [2.45, 2.75) is 195 Å². The zero-order chi connectivity index (χ0) is 90.2. The van der Waals surface area contributed by atoms with Gasteiger partial charge in [0.1, 0.15) is 18.2 Å². The van der Waals surface area contributed by atoms with Crippen LogP contribution >= 0.6 is 0 Å². The van der Waals surface area contributed by atoms with Crippen molar-refractivity contribution in [3.05, 3.63) is 95.6 Å². The van der Waals surface area contributed by atoms with Gasteiger partial charge >= 0.3 is 12.1 Å². The molecule has 2 fully saturated rings. The van der Waals surface area contributed by atoms with Gasteiger partial charge in [0, 0.05) is 147 Å². The molecule has 0 radical (unpaired) electrons. The van der Waals surface area contributed by atoms with Crippen molar-refractivity contribution in [1.82, 2.24) is 45.3 Å². The number of ether oxygens (including phenoxy) is 8. The van der Waals surface area contributed by atoms with Crippen molar-refractivity contribution < 1.29 is 110 Å². The smallest absolute Gasteiger partial charge is 0.410 e. The van der Waals surface area contributed by atoms with Crippen LogP contribution < -0.4 is 21.7 Å². The van der Waals surface area contributed by atoms with Gasteiger partial charge in [-0.05, 0) is 78.9 Å². The molecule has 0 bridgehead atoms. The third-order valence-corrected chi connectivity index (χ3v) is 23.5. The standard InChI is InChI=1S/C90H136N10O23/c1-13-62(8)84(77(116-11)56-82(110)98-35-18-22-73(98)85(117-12)63(9)74(103)53-67(51-64-19-15-14-16-20-64)86(111)92-34-41-118-43-45-120-47-49-122-50-48-121-46-44-119-42-40-101)95(10)88(113)71(60(4)5)55-76(105)83(61(6)7)96-36-38-97(39-37-96)90(115)123-58-66-25-23-65(24-26-66)52-75(104)72(21-17-33-93-89(91)114)94-87(112)70(59(2)3)54-69(102)28-27-68(100-80(108)31-32-81(100)109)57-99-78(106)29-30-79(99)107/h14-16,19-20,23-26,29-32,59-63,67-68,70-73,77,83-85,101H,13,17-18,21-22,27-28,33-58H2,1-12H3,(H,92,111)(H,94,112)(H3,91,93,114)/t62-,63-,67+,68?,70-,71-,72-,73-,77+,83-,84-,85+/m0/s1. The lowest BCUT2D eigenvalue weighted by molar-refractivity contribution is -0.149. The van der Waals surface area contributed by atoms with Gasteiger partial charge in [-0.25, -0.2) is 9.59 Å². The lowest BCUT2D eigenvalue weighted by Gasteiger charge is -2.42. The Morgan fingerprint density at radius 1 is 0.593 bits per heavy atom. The molecular weight excluding hydrogens is 1590 g/mol. The molecule has 684 valence electrons. The number of ketones is 4. The van der Waals surface area contributed by atoms with Gasteiger partial charge in [-0.15, -0.1) is 0 Å². The molecule has 12 atom stereocenters. The van der Waals surface area contributed by atoms with Crippen LogP contribution in [0.15, 0.2) is 78.9 Å². The number of imide groups is 2. The topological polar surface area (TPSA) is 415 Å². The number of hydrogen-bond donors (Lipinski definition) is 5. The van der Waals surface area contributed by atoms with Gasteiger partial charge in [0.15, 0.2) is 11.6 Å². The summed E-state index contributed by atoms with van der Waals surface area (Å²) in [6.07, 6.45) is 3.95. The Bertz CT molecular complexity index is 3780. The summed E-state index contributed by atoms with van der Waals surface area (Å²) in [5.74, 6) is -8.92. The van der Waals surface area contributed by atoms with Crippen molar-refractivity contribution in [3.8, 4) is 0 Å². The first-order valence-corrected chi connectivity index (χ1v) is 43.5. The van der Waals surface area contributed by atoms with Gasteiger partial charge in [-0.3, -0.25) is 72.2 Å². The minimum Gasteiger partial charge on any atom is -0.445 e. The average Bonchev–Trinajstić information content (AvgIpc) is 1.51. The maximum absolute atomic E-state index is 15.1. The Kier molecular flexibility index (Phi) is 45.1. The molecule has 6 rings (SSSR count). The highest BCUT2D eigenvalue weighted by molar-refractivity contribution is 6.14. The predicted molar refractivity (Wildman–Crippen MR) is 455 cm³/mol. The zero-order valence-corrected chi connectivity index (χ0v) is 74.2. The van der Waals surface area contributed by atoms with Crippen molar-refractivity contribution in [3.63, 3.8) is 0 Å². The van der Waals surface area contributed by atoms with Crippen LogP contribution in [-0.2, 0) is 115 Å². The number of rotatable bonds is 60. The number of nitrogens with one attached hydrogen (secondary N) is 3. The number of carbonyl (C=O) groups excluding carboxylic acids is 14. The molecule has 0 aromatic heterocycles. The molecule has 4 aliphatic heterocycles. The Balaban J connectivity index is 0.986. The van der Waals surface area contributed by atoms with Gasteiger partial charge < -0.3 is 79.4 Å². The molecule has 4 heterocycles. The van der Waals surface area contributed by atoms with Gasteiger partial charge in [-0.2, -0.15) is 0 Å².